The van der Waals surface area contributed by atoms with Gasteiger partial charge in [0.1, 0.15) is 11.6 Å². The third-order valence-electron chi connectivity index (χ3n) is 3.60. The lowest BCUT2D eigenvalue weighted by atomic mass is 10.1. The van der Waals surface area contributed by atoms with E-state index in [4.69, 9.17) is 0 Å². The summed E-state index contributed by atoms with van der Waals surface area (Å²) in [5, 5.41) is 4.96. The highest BCUT2D eigenvalue weighted by atomic mass is 19.1. The molecule has 0 fully saturated rings. The molecule has 2 rings (SSSR count). The molecule has 0 bridgehead atoms. The number of aryl methyl sites for hydroxylation is 1. The molecule has 6 nitrogen and oxygen atoms in total. The molecule has 2 aromatic rings. The Bertz CT molecular complexity index is 855. The topological polar surface area (TPSA) is 84.5 Å². The number of benzene rings is 2. The second-order valence-electron chi connectivity index (χ2n) is 5.54. The van der Waals surface area contributed by atoms with Gasteiger partial charge in [0.05, 0.1) is 12.1 Å². The fraction of sp³-hybridized carbons (Fsp3) is 0.211. The lowest BCUT2D eigenvalue weighted by molar-refractivity contribution is -0.126. The van der Waals surface area contributed by atoms with Crippen LogP contribution in [0.4, 0.5) is 14.5 Å². The van der Waals surface area contributed by atoms with Crippen molar-refractivity contribution < 1.29 is 27.9 Å². The molecule has 0 spiro atoms. The number of rotatable bonds is 7. The van der Waals surface area contributed by atoms with Crippen molar-refractivity contribution in [3.05, 3.63) is 65.2 Å². The Morgan fingerprint density at radius 1 is 1.04 bits per heavy atom. The first-order valence-corrected chi connectivity index (χ1v) is 8.17. The lowest BCUT2D eigenvalue weighted by Gasteiger charge is -2.10. The summed E-state index contributed by atoms with van der Waals surface area (Å²) in [6, 6.07) is 9.62. The van der Waals surface area contributed by atoms with Crippen molar-refractivity contribution in [3.8, 4) is 0 Å². The van der Waals surface area contributed by atoms with Crippen LogP contribution in [0.5, 0.6) is 0 Å². The van der Waals surface area contributed by atoms with Crippen molar-refractivity contribution >= 4 is 23.5 Å². The summed E-state index contributed by atoms with van der Waals surface area (Å²) in [4.78, 5) is 35.3. The van der Waals surface area contributed by atoms with Gasteiger partial charge < -0.3 is 15.4 Å². The minimum absolute atomic E-state index is 0.320. The number of amides is 2. The van der Waals surface area contributed by atoms with Crippen molar-refractivity contribution in [2.45, 2.75) is 13.3 Å². The molecule has 0 aliphatic rings. The molecule has 0 aromatic heterocycles. The molecule has 0 aliphatic heterocycles. The maximum absolute atomic E-state index is 13.5. The third kappa shape index (κ3) is 5.88. The van der Waals surface area contributed by atoms with E-state index >= 15 is 0 Å². The van der Waals surface area contributed by atoms with E-state index in [0.717, 1.165) is 24.1 Å². The Morgan fingerprint density at radius 2 is 1.78 bits per heavy atom. The summed E-state index contributed by atoms with van der Waals surface area (Å²) in [6.07, 6.45) is 0.735. The van der Waals surface area contributed by atoms with Gasteiger partial charge in [-0.05, 0) is 30.2 Å². The largest absolute Gasteiger partial charge is 0.452 e. The molecule has 0 saturated carbocycles. The van der Waals surface area contributed by atoms with E-state index in [0.29, 0.717) is 11.8 Å². The maximum Gasteiger partial charge on any atom is 0.341 e. The summed E-state index contributed by atoms with van der Waals surface area (Å²) in [6.45, 7) is 0.929. The molecule has 0 aliphatic carbocycles. The molecule has 2 N–H and O–H groups in total. The molecule has 142 valence electrons. The van der Waals surface area contributed by atoms with Crippen LogP contribution in [0.3, 0.4) is 0 Å². The molecule has 2 amide bonds. The Balaban J connectivity index is 1.78. The fourth-order valence-electron chi connectivity index (χ4n) is 2.24. The Morgan fingerprint density at radius 3 is 2.48 bits per heavy atom. The molecule has 0 unspecified atom stereocenters. The van der Waals surface area contributed by atoms with Crippen LogP contribution < -0.4 is 10.6 Å². The first-order valence-electron chi connectivity index (χ1n) is 8.17. The zero-order valence-corrected chi connectivity index (χ0v) is 14.6. The number of nitrogens with one attached hydrogen (secondary N) is 2. The highest BCUT2D eigenvalue weighted by Crippen LogP contribution is 2.15. The average molecular weight is 376 g/mol. The van der Waals surface area contributed by atoms with E-state index in [9.17, 15) is 23.2 Å². The zero-order valence-electron chi connectivity index (χ0n) is 14.6. The summed E-state index contributed by atoms with van der Waals surface area (Å²) < 4.78 is 30.9. The Hall–Kier alpha value is -3.29. The third-order valence-corrected chi connectivity index (χ3v) is 3.60. The summed E-state index contributed by atoms with van der Waals surface area (Å²) in [7, 11) is 0. The quantitative estimate of drug-likeness (QED) is 0.727. The highest BCUT2D eigenvalue weighted by Gasteiger charge is 2.16. The number of anilines is 1. The molecule has 8 heteroatoms. The Kier molecular flexibility index (Phi) is 6.99. The van der Waals surface area contributed by atoms with Crippen molar-refractivity contribution in [3.63, 3.8) is 0 Å². The second kappa shape index (κ2) is 9.42. The number of carbonyl (C=O) groups is 3. The van der Waals surface area contributed by atoms with Gasteiger partial charge in [-0.1, -0.05) is 25.1 Å². The fourth-order valence-corrected chi connectivity index (χ4v) is 2.24. The van der Waals surface area contributed by atoms with Gasteiger partial charge in [-0.2, -0.15) is 0 Å². The first-order chi connectivity index (χ1) is 12.9. The van der Waals surface area contributed by atoms with Gasteiger partial charge in [-0.3, -0.25) is 9.59 Å². The number of carbonyl (C=O) groups excluding carboxylic acids is 3. The maximum atomic E-state index is 13.5. The highest BCUT2D eigenvalue weighted by molar-refractivity contribution is 5.96. The molecule has 27 heavy (non-hydrogen) atoms. The normalized spacial score (nSPS) is 10.2. The predicted molar refractivity (Wildman–Crippen MR) is 94.1 cm³/mol. The molecule has 0 saturated heterocycles. The summed E-state index contributed by atoms with van der Waals surface area (Å²) in [5.41, 5.74) is 1.11. The van der Waals surface area contributed by atoms with Gasteiger partial charge in [0, 0.05) is 11.8 Å². The van der Waals surface area contributed by atoms with E-state index in [-0.39, 0.29) is 6.54 Å². The number of ether oxygens (including phenoxy) is 1. The molecule has 2 aromatic carbocycles. The number of para-hydroxylation sites is 1. The van der Waals surface area contributed by atoms with Gasteiger partial charge in [-0.15, -0.1) is 0 Å². The monoisotopic (exact) mass is 376 g/mol. The van der Waals surface area contributed by atoms with Crippen LogP contribution in [-0.2, 0) is 20.7 Å². The smallest absolute Gasteiger partial charge is 0.341 e. The summed E-state index contributed by atoms with van der Waals surface area (Å²) >= 11 is 0. The minimum atomic E-state index is -1.11. The van der Waals surface area contributed by atoms with Crippen LogP contribution in [0, 0.1) is 11.6 Å². The van der Waals surface area contributed by atoms with Crippen LogP contribution >= 0.6 is 0 Å². The van der Waals surface area contributed by atoms with Crippen LogP contribution in [-0.4, -0.2) is 30.9 Å². The second-order valence-corrected chi connectivity index (χ2v) is 5.54. The van der Waals surface area contributed by atoms with E-state index < -0.39 is 41.6 Å². The van der Waals surface area contributed by atoms with Crippen molar-refractivity contribution in [1.29, 1.82) is 0 Å². The molecular formula is C19H18F2N2O4. The first kappa shape index (κ1) is 20.0. The van der Waals surface area contributed by atoms with Gasteiger partial charge in [-0.25, -0.2) is 13.6 Å². The minimum Gasteiger partial charge on any atom is -0.452 e. The number of hydrogen-bond acceptors (Lipinski definition) is 4. The average Bonchev–Trinajstić information content (AvgIpc) is 2.65. The standard InChI is InChI=1S/C19H18F2N2O4/c1-2-12-5-3-4-6-16(12)23-17(24)10-22-18(25)11-27-19(26)14-8-7-13(20)9-15(14)21/h3-9H,2,10-11H2,1H3,(H,22,25)(H,23,24). The van der Waals surface area contributed by atoms with Gasteiger partial charge >= 0.3 is 5.97 Å². The van der Waals surface area contributed by atoms with Crippen LogP contribution in [0.1, 0.15) is 22.8 Å². The van der Waals surface area contributed by atoms with Crippen LogP contribution in [0.15, 0.2) is 42.5 Å². The zero-order chi connectivity index (χ0) is 19.8. The SMILES string of the molecule is CCc1ccccc1NC(=O)CNC(=O)COC(=O)c1ccc(F)cc1F. The molecule has 0 atom stereocenters. The van der Waals surface area contributed by atoms with Gasteiger partial charge in [0.25, 0.3) is 5.91 Å². The van der Waals surface area contributed by atoms with Crippen molar-refractivity contribution in [1.82, 2.24) is 5.32 Å². The van der Waals surface area contributed by atoms with E-state index in [1.807, 2.05) is 19.1 Å². The van der Waals surface area contributed by atoms with Crippen LogP contribution in [0.2, 0.25) is 0 Å². The van der Waals surface area contributed by atoms with E-state index in [1.165, 1.54) is 0 Å². The van der Waals surface area contributed by atoms with Crippen molar-refractivity contribution in [2.24, 2.45) is 0 Å². The number of halogens is 2. The van der Waals surface area contributed by atoms with Gasteiger partial charge in [0.2, 0.25) is 5.91 Å². The van der Waals surface area contributed by atoms with Gasteiger partial charge in [0.15, 0.2) is 6.61 Å². The van der Waals surface area contributed by atoms with E-state index in [1.54, 1.807) is 12.1 Å². The number of esters is 1. The lowest BCUT2D eigenvalue weighted by Crippen LogP contribution is -2.35. The van der Waals surface area contributed by atoms with Crippen LogP contribution in [0.25, 0.3) is 0 Å². The molecular weight excluding hydrogens is 358 g/mol. The number of hydrogen-bond donors (Lipinski definition) is 2. The molecule has 0 heterocycles. The molecule has 0 radical (unpaired) electrons. The Labute approximate surface area is 154 Å². The van der Waals surface area contributed by atoms with E-state index in [2.05, 4.69) is 15.4 Å². The summed E-state index contributed by atoms with van der Waals surface area (Å²) in [5.74, 6) is -4.21. The predicted octanol–water partition coefficient (Wildman–Crippen LogP) is 2.44. The van der Waals surface area contributed by atoms with Crippen molar-refractivity contribution in [2.75, 3.05) is 18.5 Å².